The molecular formula is C44H77N11O9. The van der Waals surface area contributed by atoms with Gasteiger partial charge in [0, 0.05) is 95.7 Å². The minimum absolute atomic E-state index is 0.0115. The van der Waals surface area contributed by atoms with Crippen molar-refractivity contribution in [3.8, 4) is 30.1 Å². The molecule has 4 fully saturated rings. The molecule has 0 unspecified atom stereocenters. The van der Waals surface area contributed by atoms with Crippen molar-refractivity contribution in [1.29, 1.82) is 0 Å². The van der Waals surface area contributed by atoms with Gasteiger partial charge >= 0.3 is 30.1 Å². The summed E-state index contributed by atoms with van der Waals surface area (Å²) in [6.45, 7) is 31.7. The predicted octanol–water partition coefficient (Wildman–Crippen LogP) is 6.71. The maximum Gasteiger partial charge on any atom is 0.326 e. The Bertz CT molecular complexity index is 1630. The second-order valence-electron chi connectivity index (χ2n) is 23.5. The van der Waals surface area contributed by atoms with Crippen LogP contribution in [0.4, 0.5) is 5.95 Å². The molecule has 4 aliphatic rings. The van der Waals surface area contributed by atoms with Gasteiger partial charge in [0.05, 0.1) is 6.54 Å². The van der Waals surface area contributed by atoms with Crippen LogP contribution in [0.25, 0.3) is 0 Å². The topological polar surface area (TPSA) is 229 Å². The van der Waals surface area contributed by atoms with E-state index in [4.69, 9.17) is 23.7 Å². The summed E-state index contributed by atoms with van der Waals surface area (Å²) in [5.74, 6) is 0.199. The molecule has 0 amide bonds. The first kappa shape index (κ1) is 49.9. The van der Waals surface area contributed by atoms with E-state index in [1.807, 2.05) is 111 Å². The second-order valence-corrected chi connectivity index (χ2v) is 23.5. The van der Waals surface area contributed by atoms with Crippen molar-refractivity contribution in [2.45, 2.75) is 231 Å². The first-order chi connectivity index (χ1) is 29.2. The molecule has 0 spiro atoms. The van der Waals surface area contributed by atoms with Crippen molar-refractivity contribution >= 4 is 5.95 Å². The molecule has 20 nitrogen and oxygen atoms in total. The zero-order valence-electron chi connectivity index (χ0n) is 41.2. The van der Waals surface area contributed by atoms with Gasteiger partial charge < -0.3 is 49.8 Å². The van der Waals surface area contributed by atoms with E-state index in [-0.39, 0.29) is 73.6 Å². The van der Waals surface area contributed by atoms with Crippen molar-refractivity contribution < 1.29 is 44.5 Å². The summed E-state index contributed by atoms with van der Waals surface area (Å²) in [4.78, 5) is 27.5. The fourth-order valence-corrected chi connectivity index (χ4v) is 11.0. The largest absolute Gasteiger partial charge is 0.461 e. The Morgan fingerprint density at radius 1 is 0.391 bits per heavy atom. The molecule has 4 aliphatic heterocycles. The minimum atomic E-state index is -0.571. The van der Waals surface area contributed by atoms with Crippen LogP contribution in [0.1, 0.15) is 162 Å². The summed E-state index contributed by atoms with van der Waals surface area (Å²) in [5.41, 5.74) is -4.54. The summed E-state index contributed by atoms with van der Waals surface area (Å²) in [6.07, 6.45) is 2.89. The highest BCUT2D eigenvalue weighted by molar-refractivity contribution is 5.28. The van der Waals surface area contributed by atoms with Crippen molar-refractivity contribution in [3.05, 3.63) is 0 Å². The van der Waals surface area contributed by atoms with Gasteiger partial charge in [0.2, 0.25) is 5.95 Å². The normalized spacial score (nSPS) is 26.2. The van der Waals surface area contributed by atoms with Gasteiger partial charge in [-0.05, 0) is 111 Å². The molecule has 0 radical (unpaired) electrons. The third-order valence-corrected chi connectivity index (χ3v) is 13.3. The Hall–Kier alpha value is -3.50. The monoisotopic (exact) mass is 904 g/mol. The summed E-state index contributed by atoms with van der Waals surface area (Å²) in [7, 11) is 0. The standard InChI is InChI=1S/C44H77N11O9/c1-37(2)19-27(20-38(3,4)52(37)56)61-33-46-31(47-34(50-33)62-28-21-39(5,6)53(57)40(7,8)22-28)45-17-18-60-32-48-35(63-29-23-41(9,10)54(58)42(11,12)24-29)51-36(49-32)64-30-25-43(13,14)55(59)44(15,16)26-30/h27-30,56-59H,17-26H2,1-16H3,(H,45,46,47,50). The zero-order valence-corrected chi connectivity index (χ0v) is 41.2. The molecule has 0 aliphatic carbocycles. The second kappa shape index (κ2) is 17.3. The van der Waals surface area contributed by atoms with Crippen LogP contribution in [0, 0.1) is 0 Å². The van der Waals surface area contributed by atoms with Gasteiger partial charge in [0.1, 0.15) is 31.0 Å². The molecule has 64 heavy (non-hydrogen) atoms. The van der Waals surface area contributed by atoms with E-state index in [2.05, 4.69) is 35.2 Å². The quantitative estimate of drug-likeness (QED) is 0.132. The Kier molecular flexibility index (Phi) is 13.5. The maximum atomic E-state index is 10.9. The number of nitrogens with one attached hydrogen (secondary N) is 1. The van der Waals surface area contributed by atoms with Crippen LogP contribution in [0.3, 0.4) is 0 Å². The third kappa shape index (κ3) is 11.2. The first-order valence-corrected chi connectivity index (χ1v) is 22.7. The van der Waals surface area contributed by atoms with E-state index in [9.17, 15) is 20.8 Å². The van der Waals surface area contributed by atoms with Crippen LogP contribution in [-0.4, -0.2) is 153 Å². The minimum Gasteiger partial charge on any atom is -0.461 e. The maximum absolute atomic E-state index is 10.9. The van der Waals surface area contributed by atoms with Crippen LogP contribution in [0.15, 0.2) is 0 Å². The number of piperidine rings is 4. The van der Waals surface area contributed by atoms with E-state index < -0.39 is 44.3 Å². The van der Waals surface area contributed by atoms with Crippen LogP contribution in [-0.2, 0) is 0 Å². The number of aromatic nitrogens is 6. The number of ether oxygens (including phenoxy) is 5. The molecule has 0 aromatic carbocycles. The molecule has 2 aromatic rings. The average molecular weight is 904 g/mol. The van der Waals surface area contributed by atoms with E-state index in [1.54, 1.807) is 0 Å². The molecule has 6 rings (SSSR count). The van der Waals surface area contributed by atoms with Crippen LogP contribution < -0.4 is 29.0 Å². The van der Waals surface area contributed by atoms with E-state index in [1.165, 1.54) is 20.3 Å². The average Bonchev–Trinajstić information content (AvgIpc) is 3.11. The molecule has 2 aromatic heterocycles. The highest BCUT2D eigenvalue weighted by atomic mass is 16.6. The summed E-state index contributed by atoms with van der Waals surface area (Å²) >= 11 is 0. The van der Waals surface area contributed by atoms with Gasteiger partial charge in [-0.1, -0.05) is 0 Å². The molecule has 6 heterocycles. The molecule has 20 heteroatoms. The SMILES string of the molecule is CC1(C)CC(Oc2nc(NCCOc3nc(OC4CC(C)(C)N(O)C(C)(C)C4)nc(OC4CC(C)(C)N(O)C(C)(C)C4)n3)nc(OC3CC(C)(C)N(O)C(C)(C)C3)n2)CC(C)(C)N1O. The van der Waals surface area contributed by atoms with Gasteiger partial charge in [-0.25, -0.2) is 0 Å². The number of hydrogen-bond acceptors (Lipinski definition) is 20. The summed E-state index contributed by atoms with van der Waals surface area (Å²) < 4.78 is 31.9. The Morgan fingerprint density at radius 3 is 0.859 bits per heavy atom. The molecular weight excluding hydrogens is 827 g/mol. The Balaban J connectivity index is 1.21. The molecule has 5 N–H and O–H groups in total. The fourth-order valence-electron chi connectivity index (χ4n) is 11.0. The lowest BCUT2D eigenvalue weighted by molar-refractivity contribution is -0.255. The Morgan fingerprint density at radius 2 is 0.609 bits per heavy atom. The van der Waals surface area contributed by atoms with Gasteiger partial charge in [0.25, 0.3) is 0 Å². The van der Waals surface area contributed by atoms with Gasteiger partial charge in [0.15, 0.2) is 0 Å². The molecule has 362 valence electrons. The Labute approximate surface area is 379 Å². The highest BCUT2D eigenvalue weighted by Gasteiger charge is 2.50. The zero-order chi connectivity index (χ0) is 47.6. The number of hydroxylamine groups is 8. The van der Waals surface area contributed by atoms with Crippen molar-refractivity contribution in [2.24, 2.45) is 0 Å². The molecule has 0 bridgehead atoms. The van der Waals surface area contributed by atoms with E-state index in [0.717, 1.165) is 0 Å². The first-order valence-electron chi connectivity index (χ1n) is 22.7. The number of anilines is 1. The highest BCUT2D eigenvalue weighted by Crippen LogP contribution is 2.42. The predicted molar refractivity (Wildman–Crippen MR) is 235 cm³/mol. The van der Waals surface area contributed by atoms with Crippen LogP contribution >= 0.6 is 0 Å². The number of nitrogens with zero attached hydrogens (tertiary/aromatic N) is 10. The van der Waals surface area contributed by atoms with E-state index >= 15 is 0 Å². The lowest BCUT2D eigenvalue weighted by Crippen LogP contribution is -2.61. The summed E-state index contributed by atoms with van der Waals surface area (Å²) in [6, 6.07) is 0.209. The smallest absolute Gasteiger partial charge is 0.326 e. The van der Waals surface area contributed by atoms with Gasteiger partial charge in [-0.15, -0.1) is 19.9 Å². The van der Waals surface area contributed by atoms with Crippen LogP contribution in [0.5, 0.6) is 30.1 Å². The lowest BCUT2D eigenvalue weighted by atomic mass is 9.80. The third-order valence-electron chi connectivity index (χ3n) is 13.3. The lowest BCUT2D eigenvalue weighted by Gasteiger charge is -2.51. The van der Waals surface area contributed by atoms with Crippen LogP contribution in [0.2, 0.25) is 0 Å². The van der Waals surface area contributed by atoms with E-state index in [0.29, 0.717) is 51.4 Å². The molecule has 0 atom stereocenters. The van der Waals surface area contributed by atoms with Crippen molar-refractivity contribution in [1.82, 2.24) is 50.2 Å². The van der Waals surface area contributed by atoms with Gasteiger partial charge in [-0.3, -0.25) is 0 Å². The van der Waals surface area contributed by atoms with Gasteiger partial charge in [-0.2, -0.15) is 30.2 Å². The fraction of sp³-hybridized carbons (Fsp3) is 0.864. The molecule has 4 saturated heterocycles. The van der Waals surface area contributed by atoms with Crippen molar-refractivity contribution in [3.63, 3.8) is 0 Å². The molecule has 0 saturated carbocycles. The van der Waals surface area contributed by atoms with Crippen molar-refractivity contribution in [2.75, 3.05) is 18.5 Å². The number of rotatable bonds is 13. The summed E-state index contributed by atoms with van der Waals surface area (Å²) in [5, 5.41) is 52.5. The number of hydrogen-bond donors (Lipinski definition) is 5.